The zero-order valence-corrected chi connectivity index (χ0v) is 34.4. The minimum Gasteiger partial charge on any atom is -0.352 e. The van der Waals surface area contributed by atoms with E-state index < -0.39 is 41.5 Å². The van der Waals surface area contributed by atoms with E-state index in [1.165, 1.54) is 18.6 Å². The average Bonchev–Trinajstić information content (AvgIpc) is 3.18. The molecule has 3 fully saturated rings. The Bertz CT molecular complexity index is 1780. The van der Waals surface area contributed by atoms with E-state index in [0.29, 0.717) is 30.8 Å². The van der Waals surface area contributed by atoms with Gasteiger partial charge in [0.05, 0.1) is 53.0 Å². The fourth-order valence-electron chi connectivity index (χ4n) is 7.17. The third kappa shape index (κ3) is 14.5. The number of thiocarbonyl (C=S) groups is 1. The van der Waals surface area contributed by atoms with E-state index in [4.69, 9.17) is 17.5 Å². The molecule has 324 valence electrons. The Morgan fingerprint density at radius 3 is 2.19 bits per heavy atom. The standard InChI is InChI=1S/C19H23F3N4OS.C19H27N5O3.CHF3/c1-18(2,26(12-28)13-7-5-4-6-8-13)17(27)25(3)14-9-15(19(20,21)22)16(10-23)24-11-14;1-2-7-23-8-10-24(11-9-23)13-18(26)21-14-3-5-16(20-12-14)15-4-6-17(25)22-19(15)27;2-1(3)4/h9,11-13H,4-8H2,1-3H3;3,5,12,15H,2,4,6-11,13H2,1H3,(H,21,26)(H,22,25,27);1H. The molecule has 1 atom stereocenters. The normalized spacial score (nSPS) is 18.0. The molecule has 4 heterocycles. The highest BCUT2D eigenvalue weighted by molar-refractivity contribution is 7.78. The molecule has 1 unspecified atom stereocenters. The summed E-state index contributed by atoms with van der Waals surface area (Å²) in [4.78, 5) is 64.0. The minimum atomic E-state index is -4.74. The molecule has 20 heteroatoms. The molecule has 2 aliphatic heterocycles. The largest absolute Gasteiger partial charge is 0.419 e. The molecule has 2 N–H and O–H groups in total. The quantitative estimate of drug-likeness (QED) is 0.154. The SMILES string of the molecule is CCCN1CCN(CC(=O)Nc2ccc(C3CCC(=O)NC3=O)nc2)CC1.CN(C(=O)C(C)(C)N(C=S)C1CCCCC1)c1cnc(C#N)c(C(F)(F)F)c1.FC(F)F. The lowest BCUT2D eigenvalue weighted by Gasteiger charge is -2.44. The van der Waals surface area contributed by atoms with Crippen molar-refractivity contribution in [1.82, 2.24) is 30.0 Å². The van der Waals surface area contributed by atoms with Crippen molar-refractivity contribution in [2.24, 2.45) is 0 Å². The lowest BCUT2D eigenvalue weighted by molar-refractivity contribution is -0.138. The molecule has 0 bridgehead atoms. The summed E-state index contributed by atoms with van der Waals surface area (Å²) in [6.45, 7) is 7.24. The van der Waals surface area contributed by atoms with Crippen molar-refractivity contribution in [3.63, 3.8) is 0 Å². The number of nitriles is 1. The fraction of sp³-hybridized carbons (Fsp3) is 0.590. The van der Waals surface area contributed by atoms with E-state index in [0.717, 1.165) is 88.4 Å². The fourth-order valence-corrected chi connectivity index (χ4v) is 7.60. The van der Waals surface area contributed by atoms with Gasteiger partial charge in [-0.15, -0.1) is 0 Å². The number of amides is 4. The average molecular weight is 856 g/mol. The van der Waals surface area contributed by atoms with Crippen LogP contribution in [0.25, 0.3) is 0 Å². The van der Waals surface area contributed by atoms with Gasteiger partial charge in [0, 0.05) is 45.7 Å². The summed E-state index contributed by atoms with van der Waals surface area (Å²) in [6, 6.07) is 5.83. The first-order chi connectivity index (χ1) is 27.8. The summed E-state index contributed by atoms with van der Waals surface area (Å²) < 4.78 is 68.7. The van der Waals surface area contributed by atoms with E-state index in [-0.39, 0.29) is 29.5 Å². The molecule has 2 saturated heterocycles. The smallest absolute Gasteiger partial charge is 0.352 e. The van der Waals surface area contributed by atoms with Gasteiger partial charge < -0.3 is 20.0 Å². The van der Waals surface area contributed by atoms with Gasteiger partial charge in [-0.25, -0.2) is 4.98 Å². The van der Waals surface area contributed by atoms with Crippen LogP contribution >= 0.6 is 12.2 Å². The molecular formula is C39H51F6N9O4S. The predicted octanol–water partition coefficient (Wildman–Crippen LogP) is 6.05. The monoisotopic (exact) mass is 855 g/mol. The summed E-state index contributed by atoms with van der Waals surface area (Å²) >= 11 is 5.16. The molecule has 3 aliphatic rings. The van der Waals surface area contributed by atoms with Crippen LogP contribution in [0.15, 0.2) is 30.6 Å². The van der Waals surface area contributed by atoms with Gasteiger partial charge >= 0.3 is 12.9 Å². The van der Waals surface area contributed by atoms with Gasteiger partial charge in [0.25, 0.3) is 5.91 Å². The maximum Gasteiger partial charge on any atom is 0.419 e. The van der Waals surface area contributed by atoms with Gasteiger partial charge in [0.15, 0.2) is 5.69 Å². The maximum absolute atomic E-state index is 13.2. The highest BCUT2D eigenvalue weighted by Gasteiger charge is 2.41. The number of carbonyl (C=O) groups is 4. The number of aromatic nitrogens is 2. The highest BCUT2D eigenvalue weighted by Crippen LogP contribution is 2.35. The van der Waals surface area contributed by atoms with Crippen molar-refractivity contribution >= 4 is 52.7 Å². The number of rotatable bonds is 11. The number of nitrogens with one attached hydrogen (secondary N) is 2. The van der Waals surface area contributed by atoms with Crippen molar-refractivity contribution in [2.45, 2.75) is 102 Å². The van der Waals surface area contributed by atoms with Gasteiger partial charge in [0.2, 0.25) is 17.7 Å². The van der Waals surface area contributed by atoms with Crippen LogP contribution in [0.5, 0.6) is 0 Å². The van der Waals surface area contributed by atoms with E-state index in [9.17, 15) is 45.5 Å². The number of alkyl halides is 6. The zero-order chi connectivity index (χ0) is 43.9. The lowest BCUT2D eigenvalue weighted by Crippen LogP contribution is -2.58. The number of pyridine rings is 2. The van der Waals surface area contributed by atoms with E-state index >= 15 is 0 Å². The van der Waals surface area contributed by atoms with E-state index in [1.807, 2.05) is 4.90 Å². The molecular weight excluding hydrogens is 805 g/mol. The Morgan fingerprint density at radius 2 is 1.66 bits per heavy atom. The molecule has 2 aromatic rings. The lowest BCUT2D eigenvalue weighted by atomic mass is 9.90. The van der Waals surface area contributed by atoms with Crippen molar-refractivity contribution in [3.05, 3.63) is 47.5 Å². The van der Waals surface area contributed by atoms with Crippen LogP contribution in [0.3, 0.4) is 0 Å². The molecule has 0 aromatic carbocycles. The number of hydrogen-bond donors (Lipinski definition) is 2. The van der Waals surface area contributed by atoms with Gasteiger partial charge in [-0.3, -0.25) is 34.4 Å². The number of piperazine rings is 1. The molecule has 59 heavy (non-hydrogen) atoms. The number of halogens is 6. The number of nitrogens with zero attached hydrogens (tertiary/aromatic N) is 7. The van der Waals surface area contributed by atoms with Crippen LogP contribution < -0.4 is 15.5 Å². The molecule has 5 rings (SSSR count). The minimum absolute atomic E-state index is 0.0302. The third-order valence-corrected chi connectivity index (χ3v) is 10.5. The van der Waals surface area contributed by atoms with Gasteiger partial charge in [-0.05, 0) is 64.3 Å². The second-order valence-corrected chi connectivity index (χ2v) is 15.0. The Labute approximate surface area is 345 Å². The number of piperidine rings is 1. The molecule has 0 spiro atoms. The maximum atomic E-state index is 13.2. The highest BCUT2D eigenvalue weighted by atomic mass is 32.1. The molecule has 1 saturated carbocycles. The zero-order valence-electron chi connectivity index (χ0n) is 33.5. The Balaban J connectivity index is 0.000000289. The number of likely N-dealkylation sites (N-methyl/N-ethyl adjacent to an activating group) is 1. The van der Waals surface area contributed by atoms with Crippen LogP contribution in [0, 0.1) is 11.3 Å². The Kier molecular flexibility index (Phi) is 18.6. The van der Waals surface area contributed by atoms with Crippen LogP contribution in [0.4, 0.5) is 37.7 Å². The number of hydrogen-bond acceptors (Lipinski definition) is 10. The van der Waals surface area contributed by atoms with Crippen molar-refractivity contribution in [1.29, 1.82) is 5.26 Å². The van der Waals surface area contributed by atoms with Crippen LogP contribution in [0.2, 0.25) is 0 Å². The van der Waals surface area contributed by atoms with Crippen LogP contribution in [0.1, 0.15) is 95.0 Å². The van der Waals surface area contributed by atoms with Crippen molar-refractivity contribution < 1.29 is 45.5 Å². The van der Waals surface area contributed by atoms with Crippen LogP contribution in [-0.2, 0) is 25.4 Å². The van der Waals surface area contributed by atoms with Gasteiger partial charge in [0.1, 0.15) is 11.6 Å². The van der Waals surface area contributed by atoms with E-state index in [1.54, 1.807) is 32.2 Å². The molecule has 1 aliphatic carbocycles. The molecule has 2 aromatic heterocycles. The van der Waals surface area contributed by atoms with Gasteiger partial charge in [-0.1, -0.05) is 38.4 Å². The third-order valence-electron chi connectivity index (χ3n) is 10.3. The second kappa shape index (κ2) is 22.6. The first kappa shape index (κ1) is 48.6. The molecule has 4 amide bonds. The summed E-state index contributed by atoms with van der Waals surface area (Å²) in [5.41, 5.74) is -0.254. The van der Waals surface area contributed by atoms with Crippen molar-refractivity contribution in [3.8, 4) is 6.07 Å². The first-order valence-corrected chi connectivity index (χ1v) is 19.7. The molecule has 13 nitrogen and oxygen atoms in total. The predicted molar refractivity (Wildman–Crippen MR) is 212 cm³/mol. The van der Waals surface area contributed by atoms with Crippen molar-refractivity contribution in [2.75, 3.05) is 56.5 Å². The number of carbonyl (C=O) groups excluding carboxylic acids is 4. The summed E-state index contributed by atoms with van der Waals surface area (Å²) in [5.74, 6) is -1.42. The number of imide groups is 1. The summed E-state index contributed by atoms with van der Waals surface area (Å²) in [5, 5.41) is 14.1. The Morgan fingerprint density at radius 1 is 1.03 bits per heavy atom. The van der Waals surface area contributed by atoms with E-state index in [2.05, 4.69) is 37.3 Å². The molecule has 0 radical (unpaired) electrons. The topological polar surface area (TPSA) is 155 Å². The number of anilines is 2. The first-order valence-electron chi connectivity index (χ1n) is 19.3. The van der Waals surface area contributed by atoms with Crippen LogP contribution in [-0.4, -0.2) is 118 Å². The second-order valence-electron chi connectivity index (χ2n) is 14.8. The Hall–Kier alpha value is -4.74. The van der Waals surface area contributed by atoms with Gasteiger partial charge in [-0.2, -0.15) is 31.6 Å². The summed E-state index contributed by atoms with van der Waals surface area (Å²) in [7, 11) is 1.40. The summed E-state index contributed by atoms with van der Waals surface area (Å²) in [6.07, 6.45) is 4.97.